The molecule has 1 aromatic heterocycles. The first kappa shape index (κ1) is 17.4. The van der Waals surface area contributed by atoms with Crippen LogP contribution in [0.2, 0.25) is 0 Å². The zero-order valence-electron chi connectivity index (χ0n) is 14.7. The Morgan fingerprint density at radius 3 is 2.76 bits per heavy atom. The SMILES string of the molecule is CCc1nc(COc2ccc(C(=O)N3CCC(C)(CN)C3)cc2)no1. The van der Waals surface area contributed by atoms with Crippen molar-refractivity contribution in [1.29, 1.82) is 0 Å². The Labute approximate surface area is 147 Å². The third kappa shape index (κ3) is 3.99. The highest BCUT2D eigenvalue weighted by Crippen LogP contribution is 2.29. The summed E-state index contributed by atoms with van der Waals surface area (Å²) in [6.07, 6.45) is 1.64. The van der Waals surface area contributed by atoms with Gasteiger partial charge in [-0.15, -0.1) is 0 Å². The van der Waals surface area contributed by atoms with Crippen LogP contribution in [0.1, 0.15) is 42.3 Å². The second kappa shape index (κ2) is 7.23. The predicted molar refractivity (Wildman–Crippen MR) is 92.1 cm³/mol. The standard InChI is InChI=1S/C18H24N4O3/c1-3-16-20-15(21-25-16)10-24-14-6-4-13(5-7-14)17(23)22-9-8-18(2,11-19)12-22/h4-7H,3,8-12,19H2,1-2H3. The van der Waals surface area contributed by atoms with Crippen LogP contribution in [0.3, 0.4) is 0 Å². The summed E-state index contributed by atoms with van der Waals surface area (Å²) < 4.78 is 10.7. The molecule has 1 amide bonds. The predicted octanol–water partition coefficient (Wildman–Crippen LogP) is 2.02. The minimum absolute atomic E-state index is 0.0284. The number of benzene rings is 1. The molecule has 134 valence electrons. The molecular weight excluding hydrogens is 320 g/mol. The number of rotatable bonds is 6. The van der Waals surface area contributed by atoms with Crippen LogP contribution in [0, 0.1) is 5.41 Å². The highest BCUT2D eigenvalue weighted by atomic mass is 16.5. The van der Waals surface area contributed by atoms with Crippen molar-refractivity contribution < 1.29 is 14.1 Å². The summed E-state index contributed by atoms with van der Waals surface area (Å²) in [6, 6.07) is 7.13. The molecule has 0 bridgehead atoms. The van der Waals surface area contributed by atoms with Gasteiger partial charge in [0, 0.05) is 25.1 Å². The van der Waals surface area contributed by atoms with E-state index in [1.807, 2.05) is 11.8 Å². The van der Waals surface area contributed by atoms with Crippen molar-refractivity contribution in [3.05, 3.63) is 41.5 Å². The summed E-state index contributed by atoms with van der Waals surface area (Å²) in [5.74, 6) is 1.80. The number of ether oxygens (including phenoxy) is 1. The van der Waals surface area contributed by atoms with E-state index in [0.717, 1.165) is 13.0 Å². The van der Waals surface area contributed by atoms with Gasteiger partial charge in [-0.25, -0.2) is 0 Å². The number of hydrogen-bond acceptors (Lipinski definition) is 6. The molecule has 1 saturated heterocycles. The molecule has 0 saturated carbocycles. The van der Waals surface area contributed by atoms with E-state index in [1.165, 1.54) is 0 Å². The second-order valence-electron chi connectivity index (χ2n) is 6.76. The van der Waals surface area contributed by atoms with Crippen molar-refractivity contribution >= 4 is 5.91 Å². The number of likely N-dealkylation sites (tertiary alicyclic amines) is 1. The van der Waals surface area contributed by atoms with Gasteiger partial charge < -0.3 is 19.9 Å². The van der Waals surface area contributed by atoms with E-state index < -0.39 is 0 Å². The summed E-state index contributed by atoms with van der Waals surface area (Å²) in [6.45, 7) is 6.36. The van der Waals surface area contributed by atoms with E-state index in [4.69, 9.17) is 15.0 Å². The number of carbonyl (C=O) groups excluding carboxylic acids is 1. The van der Waals surface area contributed by atoms with Crippen molar-refractivity contribution in [2.45, 2.75) is 33.3 Å². The number of hydrogen-bond donors (Lipinski definition) is 1. The first-order valence-corrected chi connectivity index (χ1v) is 8.56. The summed E-state index contributed by atoms with van der Waals surface area (Å²) in [7, 11) is 0. The molecule has 0 spiro atoms. The lowest BCUT2D eigenvalue weighted by Crippen LogP contribution is -2.34. The highest BCUT2D eigenvalue weighted by molar-refractivity contribution is 5.94. The van der Waals surface area contributed by atoms with Crippen LogP contribution < -0.4 is 10.5 Å². The molecule has 0 radical (unpaired) electrons. The number of nitrogens with two attached hydrogens (primary N) is 1. The van der Waals surface area contributed by atoms with Gasteiger partial charge in [0.25, 0.3) is 5.91 Å². The Morgan fingerprint density at radius 1 is 1.40 bits per heavy atom. The lowest BCUT2D eigenvalue weighted by molar-refractivity contribution is 0.0777. The smallest absolute Gasteiger partial charge is 0.253 e. The van der Waals surface area contributed by atoms with Gasteiger partial charge in [0.15, 0.2) is 6.61 Å². The van der Waals surface area contributed by atoms with Crippen LogP contribution in [0.25, 0.3) is 0 Å². The molecule has 1 unspecified atom stereocenters. The molecule has 1 aliphatic heterocycles. The van der Waals surface area contributed by atoms with Crippen LogP contribution >= 0.6 is 0 Å². The van der Waals surface area contributed by atoms with E-state index in [1.54, 1.807) is 24.3 Å². The van der Waals surface area contributed by atoms with Crippen molar-refractivity contribution in [3.63, 3.8) is 0 Å². The Balaban J connectivity index is 1.57. The van der Waals surface area contributed by atoms with Crippen LogP contribution in [0.5, 0.6) is 5.75 Å². The quantitative estimate of drug-likeness (QED) is 0.861. The van der Waals surface area contributed by atoms with Gasteiger partial charge >= 0.3 is 0 Å². The van der Waals surface area contributed by atoms with Crippen molar-refractivity contribution in [2.24, 2.45) is 11.1 Å². The van der Waals surface area contributed by atoms with Gasteiger partial charge in [0.2, 0.25) is 11.7 Å². The Morgan fingerprint density at radius 2 is 2.16 bits per heavy atom. The van der Waals surface area contributed by atoms with Crippen molar-refractivity contribution in [2.75, 3.05) is 19.6 Å². The maximum Gasteiger partial charge on any atom is 0.253 e. The maximum absolute atomic E-state index is 12.6. The number of carbonyl (C=O) groups is 1. The minimum atomic E-state index is 0.0284. The molecule has 2 aromatic rings. The topological polar surface area (TPSA) is 94.5 Å². The average Bonchev–Trinajstić information content (AvgIpc) is 3.27. The molecule has 25 heavy (non-hydrogen) atoms. The minimum Gasteiger partial charge on any atom is -0.485 e. The molecule has 7 nitrogen and oxygen atoms in total. The Hall–Kier alpha value is -2.41. The molecule has 1 aromatic carbocycles. The molecule has 1 aliphatic rings. The van der Waals surface area contributed by atoms with E-state index >= 15 is 0 Å². The fourth-order valence-electron chi connectivity index (χ4n) is 2.88. The zero-order valence-corrected chi connectivity index (χ0v) is 14.7. The molecule has 7 heteroatoms. The van der Waals surface area contributed by atoms with Gasteiger partial charge in [-0.05, 0) is 42.6 Å². The Bertz CT molecular complexity index is 728. The van der Waals surface area contributed by atoms with Gasteiger partial charge in [0.05, 0.1) is 0 Å². The Kier molecular flexibility index (Phi) is 5.03. The molecule has 1 fully saturated rings. The number of amides is 1. The molecular formula is C18H24N4O3. The van der Waals surface area contributed by atoms with Gasteiger partial charge in [-0.1, -0.05) is 19.0 Å². The normalized spacial score (nSPS) is 20.0. The van der Waals surface area contributed by atoms with E-state index in [9.17, 15) is 4.79 Å². The van der Waals surface area contributed by atoms with Gasteiger partial charge in [0.1, 0.15) is 5.75 Å². The highest BCUT2D eigenvalue weighted by Gasteiger charge is 2.35. The van der Waals surface area contributed by atoms with E-state index in [-0.39, 0.29) is 17.9 Å². The number of aromatic nitrogens is 2. The first-order chi connectivity index (χ1) is 12.0. The molecule has 2 heterocycles. The summed E-state index contributed by atoms with van der Waals surface area (Å²) in [5, 5.41) is 3.84. The fraction of sp³-hybridized carbons (Fsp3) is 0.500. The third-order valence-electron chi connectivity index (χ3n) is 4.62. The molecule has 3 rings (SSSR count). The first-order valence-electron chi connectivity index (χ1n) is 8.56. The molecule has 0 aliphatic carbocycles. The van der Waals surface area contributed by atoms with Crippen molar-refractivity contribution in [1.82, 2.24) is 15.0 Å². The largest absolute Gasteiger partial charge is 0.485 e. The van der Waals surface area contributed by atoms with Crippen LogP contribution in [-0.4, -0.2) is 40.6 Å². The number of nitrogens with zero attached hydrogens (tertiary/aromatic N) is 3. The number of aryl methyl sites for hydroxylation is 1. The lowest BCUT2D eigenvalue weighted by atomic mass is 9.90. The van der Waals surface area contributed by atoms with Crippen LogP contribution in [-0.2, 0) is 13.0 Å². The van der Waals surface area contributed by atoms with Crippen LogP contribution in [0.15, 0.2) is 28.8 Å². The second-order valence-corrected chi connectivity index (χ2v) is 6.76. The molecule has 1 atom stereocenters. The third-order valence-corrected chi connectivity index (χ3v) is 4.62. The van der Waals surface area contributed by atoms with Crippen LogP contribution in [0.4, 0.5) is 0 Å². The van der Waals surface area contributed by atoms with E-state index in [2.05, 4.69) is 17.1 Å². The fourth-order valence-corrected chi connectivity index (χ4v) is 2.88. The van der Waals surface area contributed by atoms with Gasteiger partial charge in [-0.3, -0.25) is 4.79 Å². The maximum atomic E-state index is 12.6. The monoisotopic (exact) mass is 344 g/mol. The lowest BCUT2D eigenvalue weighted by Gasteiger charge is -2.22. The molecule has 2 N–H and O–H groups in total. The van der Waals surface area contributed by atoms with Crippen molar-refractivity contribution in [3.8, 4) is 5.75 Å². The summed E-state index contributed by atoms with van der Waals surface area (Å²) >= 11 is 0. The van der Waals surface area contributed by atoms with Gasteiger partial charge in [-0.2, -0.15) is 4.98 Å². The average molecular weight is 344 g/mol. The summed E-state index contributed by atoms with van der Waals surface area (Å²) in [5.41, 5.74) is 6.49. The van der Waals surface area contributed by atoms with E-state index in [0.29, 0.717) is 42.5 Å². The zero-order chi connectivity index (χ0) is 17.9. The summed E-state index contributed by atoms with van der Waals surface area (Å²) in [4.78, 5) is 18.6.